The third-order valence-electron chi connectivity index (χ3n) is 3.32. The van der Waals surface area contributed by atoms with Crippen LogP contribution in [0.25, 0.3) is 0 Å². The lowest BCUT2D eigenvalue weighted by molar-refractivity contribution is 0.0458. The highest BCUT2D eigenvalue weighted by molar-refractivity contribution is 5.67. The molecule has 2 heterocycles. The molecule has 20 heavy (non-hydrogen) atoms. The molecule has 0 amide bonds. The van der Waals surface area contributed by atoms with Gasteiger partial charge >= 0.3 is 0 Å². The predicted molar refractivity (Wildman–Crippen MR) is 79.1 cm³/mol. The lowest BCUT2D eigenvalue weighted by Gasteiger charge is -2.33. The standard InChI is InChI=1S/C14H24N4O2/c1-4-19-11-5-7-18(8-6-11)13-12(15)14(17-9-16-13)20-10(2)3/h9-11H,4-8,15H2,1-3H3. The second-order valence-corrected chi connectivity index (χ2v) is 5.22. The SMILES string of the molecule is CCOC1CCN(c2ncnc(OC(C)C)c2N)CC1. The molecule has 112 valence electrons. The fraction of sp³-hybridized carbons (Fsp3) is 0.714. The van der Waals surface area contributed by atoms with E-state index in [1.54, 1.807) is 0 Å². The highest BCUT2D eigenvalue weighted by Gasteiger charge is 2.23. The first-order valence-corrected chi connectivity index (χ1v) is 7.25. The third-order valence-corrected chi connectivity index (χ3v) is 3.32. The van der Waals surface area contributed by atoms with Gasteiger partial charge in [-0.25, -0.2) is 4.98 Å². The predicted octanol–water partition coefficient (Wildman–Crippen LogP) is 1.85. The molecule has 1 aromatic heterocycles. The molecular formula is C14H24N4O2. The van der Waals surface area contributed by atoms with Gasteiger partial charge in [0, 0.05) is 19.7 Å². The summed E-state index contributed by atoms with van der Waals surface area (Å²) in [5, 5.41) is 0. The van der Waals surface area contributed by atoms with Crippen molar-refractivity contribution in [3.8, 4) is 5.88 Å². The summed E-state index contributed by atoms with van der Waals surface area (Å²) in [6, 6.07) is 0. The summed E-state index contributed by atoms with van der Waals surface area (Å²) < 4.78 is 11.3. The minimum absolute atomic E-state index is 0.0451. The van der Waals surface area contributed by atoms with Gasteiger partial charge in [0.1, 0.15) is 12.0 Å². The maximum Gasteiger partial charge on any atom is 0.242 e. The molecule has 1 fully saturated rings. The molecule has 0 saturated carbocycles. The van der Waals surface area contributed by atoms with Gasteiger partial charge in [0.25, 0.3) is 0 Å². The van der Waals surface area contributed by atoms with Crippen molar-refractivity contribution in [3.05, 3.63) is 6.33 Å². The molecule has 1 saturated heterocycles. The van der Waals surface area contributed by atoms with Crippen LogP contribution in [0.15, 0.2) is 6.33 Å². The Morgan fingerprint density at radius 2 is 2.05 bits per heavy atom. The first kappa shape index (κ1) is 14.8. The summed E-state index contributed by atoms with van der Waals surface area (Å²) in [5.41, 5.74) is 6.66. The van der Waals surface area contributed by atoms with E-state index in [1.165, 1.54) is 6.33 Å². The Bertz CT molecular complexity index is 431. The van der Waals surface area contributed by atoms with Gasteiger partial charge in [-0.15, -0.1) is 0 Å². The lowest BCUT2D eigenvalue weighted by Crippen LogP contribution is -2.38. The Labute approximate surface area is 120 Å². The van der Waals surface area contributed by atoms with E-state index in [-0.39, 0.29) is 6.10 Å². The van der Waals surface area contributed by atoms with Gasteiger partial charge in [-0.3, -0.25) is 0 Å². The van der Waals surface area contributed by atoms with E-state index in [4.69, 9.17) is 15.2 Å². The molecule has 0 spiro atoms. The second kappa shape index (κ2) is 6.74. The van der Waals surface area contributed by atoms with Gasteiger partial charge in [-0.1, -0.05) is 0 Å². The van der Waals surface area contributed by atoms with Crippen molar-refractivity contribution in [2.24, 2.45) is 0 Å². The Morgan fingerprint density at radius 3 is 2.65 bits per heavy atom. The van der Waals surface area contributed by atoms with E-state index in [1.807, 2.05) is 20.8 Å². The number of nitrogens with zero attached hydrogens (tertiary/aromatic N) is 3. The molecule has 0 aromatic carbocycles. The number of aromatic nitrogens is 2. The molecule has 2 rings (SSSR count). The molecule has 0 bridgehead atoms. The number of nitrogens with two attached hydrogens (primary N) is 1. The van der Waals surface area contributed by atoms with Gasteiger partial charge < -0.3 is 20.1 Å². The minimum Gasteiger partial charge on any atom is -0.473 e. The van der Waals surface area contributed by atoms with Gasteiger partial charge in [0.15, 0.2) is 5.82 Å². The zero-order valence-electron chi connectivity index (χ0n) is 12.5. The number of hydrogen-bond acceptors (Lipinski definition) is 6. The molecule has 0 radical (unpaired) electrons. The van der Waals surface area contributed by atoms with Crippen LogP contribution in [0.4, 0.5) is 11.5 Å². The molecule has 1 aliphatic rings. The zero-order valence-corrected chi connectivity index (χ0v) is 12.5. The molecule has 0 aliphatic carbocycles. The number of nitrogen functional groups attached to an aromatic ring is 1. The summed E-state index contributed by atoms with van der Waals surface area (Å²) in [6.07, 6.45) is 3.90. The quantitative estimate of drug-likeness (QED) is 0.887. The van der Waals surface area contributed by atoms with Gasteiger partial charge in [-0.2, -0.15) is 4.98 Å². The van der Waals surface area contributed by atoms with Crippen LogP contribution in [0.2, 0.25) is 0 Å². The largest absolute Gasteiger partial charge is 0.473 e. The van der Waals surface area contributed by atoms with E-state index in [2.05, 4.69) is 14.9 Å². The van der Waals surface area contributed by atoms with Crippen molar-refractivity contribution in [1.29, 1.82) is 0 Å². The second-order valence-electron chi connectivity index (χ2n) is 5.22. The molecule has 1 aliphatic heterocycles. The first-order valence-electron chi connectivity index (χ1n) is 7.25. The van der Waals surface area contributed by atoms with Crippen LogP contribution >= 0.6 is 0 Å². The molecule has 2 N–H and O–H groups in total. The Morgan fingerprint density at radius 1 is 1.35 bits per heavy atom. The summed E-state index contributed by atoms with van der Waals surface area (Å²) in [4.78, 5) is 10.6. The van der Waals surface area contributed by atoms with Crippen molar-refractivity contribution in [2.45, 2.75) is 45.8 Å². The maximum atomic E-state index is 6.13. The average Bonchev–Trinajstić information content (AvgIpc) is 2.42. The number of rotatable bonds is 5. The summed E-state index contributed by atoms with van der Waals surface area (Å²) in [5.74, 6) is 1.24. The summed E-state index contributed by atoms with van der Waals surface area (Å²) in [7, 11) is 0. The van der Waals surface area contributed by atoms with Crippen molar-refractivity contribution >= 4 is 11.5 Å². The lowest BCUT2D eigenvalue weighted by atomic mass is 10.1. The van der Waals surface area contributed by atoms with Crippen LogP contribution in [-0.4, -0.2) is 41.9 Å². The van der Waals surface area contributed by atoms with Crippen molar-refractivity contribution in [1.82, 2.24) is 9.97 Å². The number of ether oxygens (including phenoxy) is 2. The first-order chi connectivity index (χ1) is 9.61. The van der Waals surface area contributed by atoms with Crippen LogP contribution in [0, 0.1) is 0 Å². The monoisotopic (exact) mass is 280 g/mol. The van der Waals surface area contributed by atoms with Crippen molar-refractivity contribution in [2.75, 3.05) is 30.3 Å². The molecule has 0 atom stereocenters. The topological polar surface area (TPSA) is 73.5 Å². The minimum atomic E-state index is 0.0451. The van der Waals surface area contributed by atoms with Crippen molar-refractivity contribution in [3.63, 3.8) is 0 Å². The van der Waals surface area contributed by atoms with Crippen molar-refractivity contribution < 1.29 is 9.47 Å². The van der Waals surface area contributed by atoms with E-state index >= 15 is 0 Å². The van der Waals surface area contributed by atoms with E-state index in [0.29, 0.717) is 17.7 Å². The Kier molecular flexibility index (Phi) is 5.00. The summed E-state index contributed by atoms with van der Waals surface area (Å²) >= 11 is 0. The number of hydrogen-bond donors (Lipinski definition) is 1. The fourth-order valence-corrected chi connectivity index (χ4v) is 2.41. The Balaban J connectivity index is 2.06. The summed E-state index contributed by atoms with van der Waals surface area (Å²) in [6.45, 7) is 8.50. The highest BCUT2D eigenvalue weighted by Crippen LogP contribution is 2.30. The van der Waals surface area contributed by atoms with Gasteiger partial charge in [0.2, 0.25) is 5.88 Å². The average molecular weight is 280 g/mol. The number of piperidine rings is 1. The van der Waals surface area contributed by atoms with E-state index in [0.717, 1.165) is 38.4 Å². The van der Waals surface area contributed by atoms with Gasteiger partial charge in [0.05, 0.1) is 12.2 Å². The normalized spacial score (nSPS) is 16.7. The fourth-order valence-electron chi connectivity index (χ4n) is 2.41. The molecule has 1 aromatic rings. The van der Waals surface area contributed by atoms with Crippen LogP contribution in [0.3, 0.4) is 0 Å². The molecule has 6 heteroatoms. The maximum absolute atomic E-state index is 6.13. The Hall–Kier alpha value is -1.56. The third kappa shape index (κ3) is 3.50. The van der Waals surface area contributed by atoms with Gasteiger partial charge in [-0.05, 0) is 33.6 Å². The van der Waals surface area contributed by atoms with Crippen LogP contribution in [0.5, 0.6) is 5.88 Å². The van der Waals surface area contributed by atoms with E-state index in [9.17, 15) is 0 Å². The van der Waals surface area contributed by atoms with E-state index < -0.39 is 0 Å². The smallest absolute Gasteiger partial charge is 0.242 e. The molecular weight excluding hydrogens is 256 g/mol. The molecule has 0 unspecified atom stereocenters. The van der Waals surface area contributed by atoms with Crippen LogP contribution in [-0.2, 0) is 4.74 Å². The zero-order chi connectivity index (χ0) is 14.5. The van der Waals surface area contributed by atoms with Crippen LogP contribution in [0.1, 0.15) is 33.6 Å². The molecule has 6 nitrogen and oxygen atoms in total. The highest BCUT2D eigenvalue weighted by atomic mass is 16.5. The number of anilines is 2. The van der Waals surface area contributed by atoms with Crippen LogP contribution < -0.4 is 15.4 Å².